The fraction of sp³-hybridized carbons (Fsp3) is 0.417. The molecule has 16 heavy (non-hydrogen) atoms. The molecule has 4 heteroatoms. The molecule has 1 aromatic carbocycles. The minimum absolute atomic E-state index is 0.270. The fourth-order valence-corrected chi connectivity index (χ4v) is 2.05. The maximum atomic E-state index is 11.4. The van der Waals surface area contributed by atoms with E-state index < -0.39 is 0 Å². The lowest BCUT2D eigenvalue weighted by Crippen LogP contribution is -2.35. The van der Waals surface area contributed by atoms with Crippen LogP contribution in [0.3, 0.4) is 0 Å². The first-order valence-electron chi connectivity index (χ1n) is 5.24. The number of methoxy groups -OCH3 is 2. The van der Waals surface area contributed by atoms with Crippen molar-refractivity contribution >= 4 is 6.09 Å². The molecule has 0 spiro atoms. The summed E-state index contributed by atoms with van der Waals surface area (Å²) in [6, 6.07) is 5.91. The molecule has 1 heterocycles. The highest BCUT2D eigenvalue weighted by Gasteiger charge is 2.22. The number of nitrogens with zero attached hydrogens (tertiary/aromatic N) is 1. The lowest BCUT2D eigenvalue weighted by molar-refractivity contribution is 0.118. The summed E-state index contributed by atoms with van der Waals surface area (Å²) in [7, 11) is 3.08. The van der Waals surface area contributed by atoms with E-state index in [4.69, 9.17) is 9.47 Å². The van der Waals surface area contributed by atoms with Crippen molar-refractivity contribution in [2.75, 3.05) is 20.8 Å². The number of fused-ring (bicyclic) bond motifs is 1. The number of hydrogen-bond donors (Lipinski definition) is 0. The molecule has 1 aromatic rings. The van der Waals surface area contributed by atoms with Crippen LogP contribution in [0.2, 0.25) is 0 Å². The Labute approximate surface area is 94.8 Å². The summed E-state index contributed by atoms with van der Waals surface area (Å²) in [5, 5.41) is 0. The second kappa shape index (κ2) is 4.43. The Balaban J connectivity index is 2.25. The van der Waals surface area contributed by atoms with Gasteiger partial charge >= 0.3 is 6.09 Å². The van der Waals surface area contributed by atoms with Crippen LogP contribution >= 0.6 is 0 Å². The van der Waals surface area contributed by atoms with E-state index in [9.17, 15) is 4.79 Å². The average molecular weight is 221 g/mol. The van der Waals surface area contributed by atoms with E-state index in [-0.39, 0.29) is 6.09 Å². The highest BCUT2D eigenvalue weighted by Crippen LogP contribution is 2.27. The molecule has 0 N–H and O–H groups in total. The zero-order valence-corrected chi connectivity index (χ0v) is 9.53. The predicted molar refractivity (Wildman–Crippen MR) is 59.5 cm³/mol. The van der Waals surface area contributed by atoms with E-state index in [1.165, 1.54) is 12.7 Å². The van der Waals surface area contributed by atoms with E-state index >= 15 is 0 Å². The average Bonchev–Trinajstić information content (AvgIpc) is 2.36. The zero-order valence-electron chi connectivity index (χ0n) is 9.53. The molecular formula is C12H15NO3. The number of carbonyl (C=O) groups is 1. The van der Waals surface area contributed by atoms with E-state index in [1.807, 2.05) is 18.2 Å². The van der Waals surface area contributed by atoms with Gasteiger partial charge in [0, 0.05) is 18.7 Å². The smallest absolute Gasteiger partial charge is 0.409 e. The Morgan fingerprint density at radius 2 is 2.19 bits per heavy atom. The Morgan fingerprint density at radius 3 is 2.88 bits per heavy atom. The normalized spacial score (nSPS) is 14.2. The molecule has 0 bridgehead atoms. The van der Waals surface area contributed by atoms with Crippen molar-refractivity contribution in [3.63, 3.8) is 0 Å². The second-order valence-corrected chi connectivity index (χ2v) is 3.74. The van der Waals surface area contributed by atoms with Crippen LogP contribution in [0.1, 0.15) is 11.1 Å². The number of hydrogen-bond acceptors (Lipinski definition) is 3. The van der Waals surface area contributed by atoms with Gasteiger partial charge in [0.1, 0.15) is 5.75 Å². The minimum atomic E-state index is -0.270. The lowest BCUT2D eigenvalue weighted by atomic mass is 9.99. The van der Waals surface area contributed by atoms with E-state index in [1.54, 1.807) is 12.0 Å². The van der Waals surface area contributed by atoms with Gasteiger partial charge in [-0.1, -0.05) is 12.1 Å². The SMILES string of the molecule is COC(=O)N1CCc2c(cccc2OC)C1. The summed E-state index contributed by atoms with van der Waals surface area (Å²) in [6.45, 7) is 1.28. The number of carbonyl (C=O) groups excluding carboxylic acids is 1. The predicted octanol–water partition coefficient (Wildman–Crippen LogP) is 1.82. The second-order valence-electron chi connectivity index (χ2n) is 3.74. The van der Waals surface area contributed by atoms with Crippen LogP contribution in [0, 0.1) is 0 Å². The third kappa shape index (κ3) is 1.83. The van der Waals surface area contributed by atoms with Gasteiger partial charge in [0.15, 0.2) is 0 Å². The van der Waals surface area contributed by atoms with Crippen LogP contribution in [0.4, 0.5) is 4.79 Å². The fourth-order valence-electron chi connectivity index (χ4n) is 2.05. The van der Waals surface area contributed by atoms with Crippen molar-refractivity contribution in [2.24, 2.45) is 0 Å². The molecule has 1 amide bonds. The first kappa shape index (κ1) is 10.8. The molecule has 0 saturated heterocycles. The van der Waals surface area contributed by atoms with Crippen LogP contribution in [0.5, 0.6) is 5.75 Å². The minimum Gasteiger partial charge on any atom is -0.496 e. The molecule has 0 aliphatic carbocycles. The molecule has 0 unspecified atom stereocenters. The third-order valence-corrected chi connectivity index (χ3v) is 2.88. The molecule has 86 valence electrons. The summed E-state index contributed by atoms with van der Waals surface area (Å²) >= 11 is 0. The van der Waals surface area contributed by atoms with Gasteiger partial charge in [0.25, 0.3) is 0 Å². The Hall–Kier alpha value is -1.71. The van der Waals surface area contributed by atoms with E-state index in [2.05, 4.69) is 0 Å². The van der Waals surface area contributed by atoms with Crippen LogP contribution in [-0.2, 0) is 17.7 Å². The van der Waals surface area contributed by atoms with Gasteiger partial charge in [-0.15, -0.1) is 0 Å². The maximum absolute atomic E-state index is 11.4. The highest BCUT2D eigenvalue weighted by molar-refractivity contribution is 5.68. The van der Waals surface area contributed by atoms with Crippen LogP contribution in [-0.4, -0.2) is 31.8 Å². The van der Waals surface area contributed by atoms with Gasteiger partial charge in [0.05, 0.1) is 14.2 Å². The van der Waals surface area contributed by atoms with E-state index in [0.29, 0.717) is 13.1 Å². The Morgan fingerprint density at radius 1 is 1.38 bits per heavy atom. The summed E-state index contributed by atoms with van der Waals surface area (Å²) in [6.07, 6.45) is 0.544. The first-order chi connectivity index (χ1) is 7.76. The van der Waals surface area contributed by atoms with E-state index in [0.717, 1.165) is 17.7 Å². The Kier molecular flexibility index (Phi) is 2.99. The quantitative estimate of drug-likeness (QED) is 0.726. The molecule has 2 rings (SSSR count). The van der Waals surface area contributed by atoms with Crippen molar-refractivity contribution in [1.82, 2.24) is 4.90 Å². The van der Waals surface area contributed by atoms with Gasteiger partial charge in [-0.25, -0.2) is 4.79 Å². The largest absolute Gasteiger partial charge is 0.496 e. The van der Waals surface area contributed by atoms with Crippen molar-refractivity contribution in [2.45, 2.75) is 13.0 Å². The molecule has 0 aromatic heterocycles. The summed E-state index contributed by atoms with van der Waals surface area (Å²) in [4.78, 5) is 13.1. The van der Waals surface area contributed by atoms with Crippen molar-refractivity contribution < 1.29 is 14.3 Å². The maximum Gasteiger partial charge on any atom is 0.409 e. The van der Waals surface area contributed by atoms with Crippen molar-refractivity contribution in [3.8, 4) is 5.75 Å². The first-order valence-corrected chi connectivity index (χ1v) is 5.24. The van der Waals surface area contributed by atoms with Crippen LogP contribution < -0.4 is 4.74 Å². The monoisotopic (exact) mass is 221 g/mol. The molecule has 0 radical (unpaired) electrons. The number of ether oxygens (including phenoxy) is 2. The molecule has 0 saturated carbocycles. The topological polar surface area (TPSA) is 38.8 Å². The molecular weight excluding hydrogens is 206 g/mol. The van der Waals surface area contributed by atoms with Gasteiger partial charge in [-0.2, -0.15) is 0 Å². The molecule has 0 fully saturated rings. The lowest BCUT2D eigenvalue weighted by Gasteiger charge is -2.28. The number of rotatable bonds is 1. The zero-order chi connectivity index (χ0) is 11.5. The van der Waals surface area contributed by atoms with Gasteiger partial charge in [-0.05, 0) is 18.1 Å². The van der Waals surface area contributed by atoms with Gasteiger partial charge in [0.2, 0.25) is 0 Å². The molecule has 1 aliphatic heterocycles. The molecule has 4 nitrogen and oxygen atoms in total. The Bertz CT molecular complexity index is 403. The summed E-state index contributed by atoms with van der Waals surface area (Å²) < 4.78 is 10.0. The number of benzene rings is 1. The molecule has 0 atom stereocenters. The van der Waals surface area contributed by atoms with Crippen molar-refractivity contribution in [3.05, 3.63) is 29.3 Å². The van der Waals surface area contributed by atoms with Crippen LogP contribution in [0.15, 0.2) is 18.2 Å². The number of amides is 1. The van der Waals surface area contributed by atoms with Gasteiger partial charge in [-0.3, -0.25) is 0 Å². The standard InChI is InChI=1S/C12H15NO3/c1-15-11-5-3-4-9-8-13(12(14)16-2)7-6-10(9)11/h3-5H,6-8H2,1-2H3. The van der Waals surface area contributed by atoms with Crippen molar-refractivity contribution in [1.29, 1.82) is 0 Å². The summed E-state index contributed by atoms with van der Waals surface area (Å²) in [5.41, 5.74) is 2.33. The van der Waals surface area contributed by atoms with Crippen LogP contribution in [0.25, 0.3) is 0 Å². The van der Waals surface area contributed by atoms with Gasteiger partial charge < -0.3 is 14.4 Å². The molecule has 1 aliphatic rings. The third-order valence-electron chi connectivity index (χ3n) is 2.88. The summed E-state index contributed by atoms with van der Waals surface area (Å²) in [5.74, 6) is 0.905. The highest BCUT2D eigenvalue weighted by atomic mass is 16.5.